The highest BCUT2D eigenvalue weighted by molar-refractivity contribution is 5.37. The van der Waals surface area contributed by atoms with Gasteiger partial charge in [-0.3, -0.25) is 0 Å². The summed E-state index contributed by atoms with van der Waals surface area (Å²) in [6.45, 7) is 0.418. The van der Waals surface area contributed by atoms with Crippen LogP contribution in [0.15, 0.2) is 42.6 Å². The second-order valence-electron chi connectivity index (χ2n) is 5.92. The number of aromatic nitrogens is 1. The topological polar surface area (TPSA) is 71.8 Å². The van der Waals surface area contributed by atoms with E-state index in [1.807, 2.05) is 30.3 Å². The molecule has 0 saturated heterocycles. The van der Waals surface area contributed by atoms with Crippen LogP contribution in [0, 0.1) is 0 Å². The number of ether oxygens (including phenoxy) is 2. The first-order chi connectivity index (χ1) is 11.1. The van der Waals surface area contributed by atoms with Crippen molar-refractivity contribution in [3.63, 3.8) is 0 Å². The van der Waals surface area contributed by atoms with Gasteiger partial charge in [0.2, 0.25) is 5.88 Å². The first kappa shape index (κ1) is 15.9. The minimum absolute atomic E-state index is 0.00250. The van der Waals surface area contributed by atoms with E-state index in [1.165, 1.54) is 7.11 Å². The van der Waals surface area contributed by atoms with Crippen molar-refractivity contribution in [3.8, 4) is 5.88 Å². The number of benzene rings is 1. The van der Waals surface area contributed by atoms with Gasteiger partial charge in [-0.05, 0) is 17.2 Å². The Morgan fingerprint density at radius 2 is 1.96 bits per heavy atom. The molecule has 0 spiro atoms. The standard InChI is InChI=1S/C18H21NO4/c1-22-17-16(7-14(11-20)10-19-17)18(21)8-15(9-18)23-12-13-5-3-2-4-6-13/h2-7,10,15,20-21H,8-9,11-12H2,1H3. The third-order valence-corrected chi connectivity index (χ3v) is 4.24. The quantitative estimate of drug-likeness (QED) is 0.854. The number of nitrogens with zero attached hydrogens (tertiary/aromatic N) is 1. The van der Waals surface area contributed by atoms with Gasteiger partial charge in [-0.1, -0.05) is 30.3 Å². The van der Waals surface area contributed by atoms with Gasteiger partial charge in [0.25, 0.3) is 0 Å². The second-order valence-corrected chi connectivity index (χ2v) is 5.92. The fourth-order valence-corrected chi connectivity index (χ4v) is 2.90. The SMILES string of the molecule is COc1ncc(CO)cc1C1(O)CC(OCc2ccccc2)C1. The number of aliphatic hydroxyl groups is 2. The van der Waals surface area contributed by atoms with E-state index < -0.39 is 5.60 Å². The maximum atomic E-state index is 10.8. The zero-order valence-electron chi connectivity index (χ0n) is 13.1. The summed E-state index contributed by atoms with van der Waals surface area (Å²) in [5, 5.41) is 20.1. The van der Waals surface area contributed by atoms with Crippen molar-refractivity contribution in [3.05, 3.63) is 59.3 Å². The van der Waals surface area contributed by atoms with E-state index in [-0.39, 0.29) is 12.7 Å². The van der Waals surface area contributed by atoms with Crippen LogP contribution in [0.25, 0.3) is 0 Å². The molecule has 2 aromatic rings. The van der Waals surface area contributed by atoms with Gasteiger partial charge in [-0.2, -0.15) is 0 Å². The third-order valence-electron chi connectivity index (χ3n) is 4.24. The first-order valence-corrected chi connectivity index (χ1v) is 7.67. The van der Waals surface area contributed by atoms with Crippen molar-refractivity contribution in [1.82, 2.24) is 4.98 Å². The molecule has 1 aromatic carbocycles. The molecule has 1 aromatic heterocycles. The van der Waals surface area contributed by atoms with Gasteiger partial charge >= 0.3 is 0 Å². The number of hydrogen-bond acceptors (Lipinski definition) is 5. The van der Waals surface area contributed by atoms with Crippen LogP contribution in [-0.2, 0) is 23.6 Å². The van der Waals surface area contributed by atoms with Gasteiger partial charge in [0, 0.05) is 24.6 Å². The lowest BCUT2D eigenvalue weighted by atomic mass is 9.72. The zero-order valence-corrected chi connectivity index (χ0v) is 13.1. The average molecular weight is 315 g/mol. The highest BCUT2D eigenvalue weighted by atomic mass is 16.5. The molecule has 0 bridgehead atoms. The van der Waals surface area contributed by atoms with Gasteiger partial charge in [-0.15, -0.1) is 0 Å². The zero-order chi connectivity index (χ0) is 16.3. The van der Waals surface area contributed by atoms with Crippen LogP contribution in [0.4, 0.5) is 0 Å². The minimum Gasteiger partial charge on any atom is -0.481 e. The molecule has 1 fully saturated rings. The second kappa shape index (κ2) is 6.66. The predicted octanol–water partition coefficient (Wildman–Crippen LogP) is 2.15. The predicted molar refractivity (Wildman–Crippen MR) is 84.9 cm³/mol. The summed E-state index contributed by atoms with van der Waals surface area (Å²) in [5.41, 5.74) is 1.38. The first-order valence-electron chi connectivity index (χ1n) is 7.67. The maximum Gasteiger partial charge on any atom is 0.219 e. The number of hydrogen-bond donors (Lipinski definition) is 2. The van der Waals surface area contributed by atoms with E-state index in [0.29, 0.717) is 36.5 Å². The van der Waals surface area contributed by atoms with Crippen LogP contribution in [0.3, 0.4) is 0 Å². The number of aliphatic hydroxyl groups excluding tert-OH is 1. The molecule has 0 unspecified atom stereocenters. The summed E-state index contributed by atoms with van der Waals surface area (Å²) >= 11 is 0. The molecule has 2 N–H and O–H groups in total. The molecular formula is C18H21NO4. The fraction of sp³-hybridized carbons (Fsp3) is 0.389. The Morgan fingerprint density at radius 1 is 1.22 bits per heavy atom. The summed E-state index contributed by atoms with van der Waals surface area (Å²) in [7, 11) is 1.52. The molecule has 23 heavy (non-hydrogen) atoms. The number of pyridine rings is 1. The van der Waals surface area contributed by atoms with E-state index >= 15 is 0 Å². The van der Waals surface area contributed by atoms with Crippen molar-refractivity contribution in [2.75, 3.05) is 7.11 Å². The Labute approximate surface area is 135 Å². The van der Waals surface area contributed by atoms with E-state index in [1.54, 1.807) is 12.3 Å². The van der Waals surface area contributed by atoms with Gasteiger partial charge < -0.3 is 19.7 Å². The molecule has 0 atom stereocenters. The average Bonchev–Trinajstić information content (AvgIpc) is 2.58. The van der Waals surface area contributed by atoms with Crippen molar-refractivity contribution in [1.29, 1.82) is 0 Å². The third kappa shape index (κ3) is 3.37. The molecule has 122 valence electrons. The van der Waals surface area contributed by atoms with Crippen molar-refractivity contribution < 1.29 is 19.7 Å². The smallest absolute Gasteiger partial charge is 0.219 e. The van der Waals surface area contributed by atoms with Crippen LogP contribution in [-0.4, -0.2) is 28.4 Å². The van der Waals surface area contributed by atoms with E-state index in [9.17, 15) is 10.2 Å². The number of rotatable bonds is 6. The summed E-state index contributed by atoms with van der Waals surface area (Å²) in [5.74, 6) is 0.395. The lowest BCUT2D eigenvalue weighted by Gasteiger charge is -2.43. The molecule has 1 aliphatic carbocycles. The molecule has 0 amide bonds. The Kier molecular flexibility index (Phi) is 4.61. The monoisotopic (exact) mass is 315 g/mol. The minimum atomic E-state index is -1.01. The van der Waals surface area contributed by atoms with Crippen molar-refractivity contribution in [2.45, 2.75) is 37.8 Å². The summed E-state index contributed by atoms with van der Waals surface area (Å²) < 4.78 is 11.1. The molecule has 1 heterocycles. The van der Waals surface area contributed by atoms with Crippen LogP contribution in [0.1, 0.15) is 29.5 Å². The van der Waals surface area contributed by atoms with Gasteiger partial charge in [0.1, 0.15) is 0 Å². The van der Waals surface area contributed by atoms with Crippen LogP contribution in [0.2, 0.25) is 0 Å². The highest BCUT2D eigenvalue weighted by Gasteiger charge is 2.47. The molecule has 1 aliphatic rings. The van der Waals surface area contributed by atoms with E-state index in [4.69, 9.17) is 9.47 Å². The molecule has 0 radical (unpaired) electrons. The molecule has 3 rings (SSSR count). The van der Waals surface area contributed by atoms with Crippen LogP contribution in [0.5, 0.6) is 5.88 Å². The summed E-state index contributed by atoms with van der Waals surface area (Å²) in [4.78, 5) is 4.15. The Balaban J connectivity index is 1.64. The molecule has 0 aliphatic heterocycles. The van der Waals surface area contributed by atoms with E-state index in [2.05, 4.69) is 4.98 Å². The molecular weight excluding hydrogens is 294 g/mol. The highest BCUT2D eigenvalue weighted by Crippen LogP contribution is 2.46. The Hall–Kier alpha value is -1.95. The lowest BCUT2D eigenvalue weighted by molar-refractivity contribution is -0.150. The summed E-state index contributed by atoms with van der Waals surface area (Å²) in [6, 6.07) is 11.7. The van der Waals surface area contributed by atoms with Crippen molar-refractivity contribution in [2.24, 2.45) is 0 Å². The van der Waals surface area contributed by atoms with Gasteiger partial charge in [0.15, 0.2) is 0 Å². The Bertz CT molecular complexity index is 653. The normalized spacial score (nSPS) is 23.3. The number of methoxy groups -OCH3 is 1. The van der Waals surface area contributed by atoms with Gasteiger partial charge in [0.05, 0.1) is 32.0 Å². The molecule has 5 nitrogen and oxygen atoms in total. The van der Waals surface area contributed by atoms with Crippen LogP contribution >= 0.6 is 0 Å². The Morgan fingerprint density at radius 3 is 2.61 bits per heavy atom. The van der Waals surface area contributed by atoms with E-state index in [0.717, 1.165) is 5.56 Å². The fourth-order valence-electron chi connectivity index (χ4n) is 2.90. The lowest BCUT2D eigenvalue weighted by Crippen LogP contribution is -2.46. The molecule has 1 saturated carbocycles. The van der Waals surface area contributed by atoms with Gasteiger partial charge in [-0.25, -0.2) is 4.98 Å². The van der Waals surface area contributed by atoms with Crippen molar-refractivity contribution >= 4 is 0 Å². The maximum absolute atomic E-state index is 10.8. The van der Waals surface area contributed by atoms with Crippen LogP contribution < -0.4 is 4.74 Å². The largest absolute Gasteiger partial charge is 0.481 e. The summed E-state index contributed by atoms with van der Waals surface area (Å²) in [6.07, 6.45) is 2.54. The molecule has 5 heteroatoms.